The summed E-state index contributed by atoms with van der Waals surface area (Å²) < 4.78 is 2.01. The van der Waals surface area contributed by atoms with Crippen LogP contribution < -0.4 is 5.73 Å². The highest BCUT2D eigenvalue weighted by Gasteiger charge is 2.16. The summed E-state index contributed by atoms with van der Waals surface area (Å²) in [5.74, 6) is 0.724. The van der Waals surface area contributed by atoms with E-state index in [0.717, 1.165) is 27.7 Å². The van der Waals surface area contributed by atoms with Crippen LogP contribution in [0.3, 0.4) is 0 Å². The van der Waals surface area contributed by atoms with Crippen molar-refractivity contribution in [3.63, 3.8) is 0 Å². The largest absolute Gasteiger partial charge is 0.383 e. The van der Waals surface area contributed by atoms with Gasteiger partial charge in [0.25, 0.3) is 0 Å². The standard InChI is InChI=1S/C16H19N3S/c1-10-9-20-15-18-13(14(17)19(10)15)11-5-7-12(8-6-11)16(2,3)4/h5-9H,17H2,1-4H3. The number of hydrogen-bond donors (Lipinski definition) is 1. The minimum atomic E-state index is 0.162. The summed E-state index contributed by atoms with van der Waals surface area (Å²) in [6.07, 6.45) is 0. The van der Waals surface area contributed by atoms with Crippen LogP contribution in [0.15, 0.2) is 29.6 Å². The Balaban J connectivity index is 2.09. The summed E-state index contributed by atoms with van der Waals surface area (Å²) in [7, 11) is 0. The first-order valence-electron chi connectivity index (χ1n) is 6.71. The Kier molecular flexibility index (Phi) is 2.87. The summed E-state index contributed by atoms with van der Waals surface area (Å²) >= 11 is 1.62. The molecule has 0 unspecified atom stereocenters. The molecule has 2 heterocycles. The maximum absolute atomic E-state index is 6.25. The lowest BCUT2D eigenvalue weighted by Gasteiger charge is -2.19. The maximum Gasteiger partial charge on any atom is 0.196 e. The van der Waals surface area contributed by atoms with E-state index in [2.05, 4.69) is 55.4 Å². The number of benzene rings is 1. The number of hydrogen-bond acceptors (Lipinski definition) is 3. The number of anilines is 1. The van der Waals surface area contributed by atoms with Crippen molar-refractivity contribution in [1.29, 1.82) is 0 Å². The van der Waals surface area contributed by atoms with E-state index in [1.165, 1.54) is 5.56 Å². The zero-order valence-corrected chi connectivity index (χ0v) is 13.1. The van der Waals surface area contributed by atoms with Crippen LogP contribution in [-0.2, 0) is 5.41 Å². The van der Waals surface area contributed by atoms with E-state index >= 15 is 0 Å². The lowest BCUT2D eigenvalue weighted by molar-refractivity contribution is 0.590. The van der Waals surface area contributed by atoms with Crippen molar-refractivity contribution >= 4 is 22.1 Å². The lowest BCUT2D eigenvalue weighted by Crippen LogP contribution is -2.10. The Morgan fingerprint density at radius 3 is 2.35 bits per heavy atom. The topological polar surface area (TPSA) is 43.3 Å². The molecule has 3 aromatic rings. The molecule has 0 aliphatic carbocycles. The molecule has 0 saturated heterocycles. The van der Waals surface area contributed by atoms with E-state index in [1.54, 1.807) is 11.3 Å². The molecule has 4 heteroatoms. The van der Waals surface area contributed by atoms with Gasteiger partial charge >= 0.3 is 0 Å². The average molecular weight is 285 g/mol. The fraction of sp³-hybridized carbons (Fsp3) is 0.312. The highest BCUT2D eigenvalue weighted by molar-refractivity contribution is 7.15. The van der Waals surface area contributed by atoms with Gasteiger partial charge < -0.3 is 5.73 Å². The van der Waals surface area contributed by atoms with Gasteiger partial charge in [0.1, 0.15) is 11.5 Å². The second-order valence-electron chi connectivity index (χ2n) is 6.17. The molecule has 2 aromatic heterocycles. The molecule has 0 bridgehead atoms. The molecule has 0 amide bonds. The molecule has 0 fully saturated rings. The summed E-state index contributed by atoms with van der Waals surface area (Å²) in [5.41, 5.74) is 10.8. The minimum Gasteiger partial charge on any atom is -0.383 e. The van der Waals surface area contributed by atoms with Gasteiger partial charge in [-0.15, -0.1) is 11.3 Å². The Morgan fingerprint density at radius 2 is 1.80 bits per heavy atom. The fourth-order valence-electron chi connectivity index (χ4n) is 2.36. The van der Waals surface area contributed by atoms with Gasteiger partial charge in [0, 0.05) is 16.6 Å². The summed E-state index contributed by atoms with van der Waals surface area (Å²) in [6, 6.07) is 8.54. The van der Waals surface area contributed by atoms with Crippen LogP contribution in [0.2, 0.25) is 0 Å². The smallest absolute Gasteiger partial charge is 0.196 e. The second-order valence-corrected chi connectivity index (χ2v) is 7.00. The summed E-state index contributed by atoms with van der Waals surface area (Å²) in [4.78, 5) is 5.61. The van der Waals surface area contributed by atoms with Gasteiger partial charge in [-0.1, -0.05) is 45.0 Å². The number of nitrogen functional groups attached to an aromatic ring is 1. The number of aryl methyl sites for hydroxylation is 1. The molecule has 2 N–H and O–H groups in total. The van der Waals surface area contributed by atoms with Gasteiger partial charge in [-0.3, -0.25) is 4.40 Å². The monoisotopic (exact) mass is 285 g/mol. The number of aromatic nitrogens is 2. The molecular weight excluding hydrogens is 266 g/mol. The number of imidazole rings is 1. The van der Waals surface area contributed by atoms with Crippen LogP contribution in [-0.4, -0.2) is 9.38 Å². The lowest BCUT2D eigenvalue weighted by atomic mass is 9.86. The first-order valence-corrected chi connectivity index (χ1v) is 7.59. The van der Waals surface area contributed by atoms with Gasteiger partial charge in [-0.05, 0) is 17.9 Å². The third kappa shape index (κ3) is 2.00. The number of rotatable bonds is 1. The Morgan fingerprint density at radius 1 is 1.15 bits per heavy atom. The predicted molar refractivity (Wildman–Crippen MR) is 86.4 cm³/mol. The number of nitrogens with zero attached hydrogens (tertiary/aromatic N) is 2. The predicted octanol–water partition coefficient (Wildman–Crippen LogP) is 4.25. The number of nitrogens with two attached hydrogens (primary N) is 1. The van der Waals surface area contributed by atoms with E-state index < -0.39 is 0 Å². The third-order valence-corrected chi connectivity index (χ3v) is 4.54. The van der Waals surface area contributed by atoms with Gasteiger partial charge in [-0.2, -0.15) is 0 Å². The van der Waals surface area contributed by atoms with E-state index in [0.29, 0.717) is 0 Å². The highest BCUT2D eigenvalue weighted by atomic mass is 32.1. The molecule has 0 aliphatic rings. The van der Waals surface area contributed by atoms with Crippen molar-refractivity contribution in [2.45, 2.75) is 33.1 Å². The van der Waals surface area contributed by atoms with E-state index in [9.17, 15) is 0 Å². The van der Waals surface area contributed by atoms with Crippen molar-refractivity contribution in [2.75, 3.05) is 5.73 Å². The third-order valence-electron chi connectivity index (χ3n) is 3.59. The van der Waals surface area contributed by atoms with Crippen LogP contribution >= 0.6 is 11.3 Å². The van der Waals surface area contributed by atoms with Crippen LogP contribution in [0.25, 0.3) is 16.2 Å². The maximum atomic E-state index is 6.25. The first kappa shape index (κ1) is 13.2. The van der Waals surface area contributed by atoms with E-state index in [-0.39, 0.29) is 5.41 Å². The zero-order valence-electron chi connectivity index (χ0n) is 12.3. The van der Waals surface area contributed by atoms with Crippen LogP contribution in [0.1, 0.15) is 32.0 Å². The van der Waals surface area contributed by atoms with Gasteiger partial charge in [0.15, 0.2) is 4.96 Å². The molecule has 3 nitrogen and oxygen atoms in total. The van der Waals surface area contributed by atoms with Crippen molar-refractivity contribution in [2.24, 2.45) is 0 Å². The average Bonchev–Trinajstić information content (AvgIpc) is 2.91. The molecule has 3 rings (SSSR count). The molecule has 0 aliphatic heterocycles. The fourth-order valence-corrected chi connectivity index (χ4v) is 3.24. The molecule has 104 valence electrons. The summed E-state index contributed by atoms with van der Waals surface area (Å²) in [6.45, 7) is 8.69. The Labute approximate surface area is 123 Å². The van der Waals surface area contributed by atoms with Gasteiger partial charge in [0.2, 0.25) is 0 Å². The Hall–Kier alpha value is -1.81. The van der Waals surface area contributed by atoms with Crippen molar-refractivity contribution in [1.82, 2.24) is 9.38 Å². The van der Waals surface area contributed by atoms with Crippen LogP contribution in [0, 0.1) is 6.92 Å². The van der Waals surface area contributed by atoms with Crippen molar-refractivity contribution < 1.29 is 0 Å². The van der Waals surface area contributed by atoms with E-state index in [4.69, 9.17) is 5.73 Å². The van der Waals surface area contributed by atoms with Crippen molar-refractivity contribution in [3.8, 4) is 11.3 Å². The zero-order chi connectivity index (χ0) is 14.5. The summed E-state index contributed by atoms with van der Waals surface area (Å²) in [5, 5.41) is 2.07. The second kappa shape index (κ2) is 4.35. The SMILES string of the molecule is Cc1csc2nc(-c3ccc(C(C)(C)C)cc3)c(N)n12. The number of fused-ring (bicyclic) bond motifs is 1. The Bertz CT molecular complexity index is 757. The molecule has 0 atom stereocenters. The number of thiazole rings is 1. The van der Waals surface area contributed by atoms with Gasteiger partial charge in [0.05, 0.1) is 0 Å². The molecular formula is C16H19N3S. The molecule has 0 saturated carbocycles. The molecule has 1 aromatic carbocycles. The first-order chi connectivity index (χ1) is 9.38. The van der Waals surface area contributed by atoms with E-state index in [1.807, 2.05) is 11.3 Å². The van der Waals surface area contributed by atoms with Gasteiger partial charge in [-0.25, -0.2) is 4.98 Å². The molecule has 0 radical (unpaired) electrons. The molecule has 20 heavy (non-hydrogen) atoms. The van der Waals surface area contributed by atoms with Crippen molar-refractivity contribution in [3.05, 3.63) is 40.9 Å². The van der Waals surface area contributed by atoms with Crippen LogP contribution in [0.4, 0.5) is 5.82 Å². The highest BCUT2D eigenvalue weighted by Crippen LogP contribution is 2.31. The normalized spacial score (nSPS) is 12.2. The molecule has 0 spiro atoms. The van der Waals surface area contributed by atoms with Crippen LogP contribution in [0.5, 0.6) is 0 Å². The quantitative estimate of drug-likeness (QED) is 0.726. The minimum absolute atomic E-state index is 0.162.